The highest BCUT2D eigenvalue weighted by Crippen LogP contribution is 2.30. The number of aryl methyl sites for hydroxylation is 2. The Morgan fingerprint density at radius 2 is 2.26 bits per heavy atom. The summed E-state index contributed by atoms with van der Waals surface area (Å²) in [4.78, 5) is 16.8. The van der Waals surface area contributed by atoms with Crippen molar-refractivity contribution in [2.75, 3.05) is 0 Å². The van der Waals surface area contributed by atoms with E-state index in [4.69, 9.17) is 5.73 Å². The molecule has 0 bridgehead atoms. The van der Waals surface area contributed by atoms with Gasteiger partial charge in [0.25, 0.3) is 5.56 Å². The first-order valence-electron chi connectivity index (χ1n) is 6.21. The third kappa shape index (κ3) is 1.69. The lowest BCUT2D eigenvalue weighted by Gasteiger charge is -2.01. The molecule has 7 heteroatoms. The van der Waals surface area contributed by atoms with E-state index in [2.05, 4.69) is 17.0 Å². The minimum Gasteiger partial charge on any atom is -0.323 e. The predicted molar refractivity (Wildman–Crippen MR) is 76.3 cm³/mol. The zero-order chi connectivity index (χ0) is 13.6. The van der Waals surface area contributed by atoms with Crippen LogP contribution in [0.2, 0.25) is 0 Å². The van der Waals surface area contributed by atoms with E-state index in [-0.39, 0.29) is 12.2 Å². The fourth-order valence-corrected chi connectivity index (χ4v) is 3.49. The summed E-state index contributed by atoms with van der Waals surface area (Å²) in [7, 11) is 1.86. The number of nitrogens with two attached hydrogens (primary N) is 1. The smallest absolute Gasteiger partial charge is 0.292 e. The van der Waals surface area contributed by atoms with Crippen LogP contribution in [0.15, 0.2) is 11.0 Å². The maximum Gasteiger partial charge on any atom is 0.292 e. The number of nitrogens with zero attached hydrogens (tertiary/aromatic N) is 4. The molecule has 0 aliphatic heterocycles. The Balaban J connectivity index is 2.38. The van der Waals surface area contributed by atoms with Gasteiger partial charge < -0.3 is 10.3 Å². The quantitative estimate of drug-likeness (QED) is 0.780. The second-order valence-electron chi connectivity index (χ2n) is 4.46. The summed E-state index contributed by atoms with van der Waals surface area (Å²) in [6.45, 7) is 2.22. The number of thiazole rings is 1. The maximum atomic E-state index is 12.2. The molecule has 6 nitrogen and oxygen atoms in total. The van der Waals surface area contributed by atoms with Gasteiger partial charge in [-0.05, 0) is 12.8 Å². The monoisotopic (exact) mass is 277 g/mol. The Labute approximate surface area is 113 Å². The van der Waals surface area contributed by atoms with Crippen LogP contribution < -0.4 is 11.3 Å². The van der Waals surface area contributed by atoms with Gasteiger partial charge in [0.1, 0.15) is 5.52 Å². The van der Waals surface area contributed by atoms with Crippen LogP contribution in [0, 0.1) is 0 Å². The van der Waals surface area contributed by atoms with Gasteiger partial charge in [-0.3, -0.25) is 4.79 Å². The topological polar surface area (TPSA) is 78.7 Å². The van der Waals surface area contributed by atoms with E-state index in [1.54, 1.807) is 17.5 Å². The van der Waals surface area contributed by atoms with Gasteiger partial charge in [0, 0.05) is 12.4 Å². The van der Waals surface area contributed by atoms with Crippen molar-refractivity contribution < 1.29 is 0 Å². The van der Waals surface area contributed by atoms with Gasteiger partial charge in [-0.1, -0.05) is 6.92 Å². The molecule has 0 aliphatic carbocycles. The lowest BCUT2D eigenvalue weighted by molar-refractivity contribution is 0.602. The van der Waals surface area contributed by atoms with Crippen molar-refractivity contribution in [1.29, 1.82) is 0 Å². The lowest BCUT2D eigenvalue weighted by Crippen LogP contribution is -2.27. The van der Waals surface area contributed by atoms with Crippen molar-refractivity contribution >= 4 is 32.6 Å². The minimum absolute atomic E-state index is 0.0854. The number of fused-ring (bicyclic) bond motifs is 3. The number of hydrogen-bond acceptors (Lipinski definition) is 5. The third-order valence-electron chi connectivity index (χ3n) is 3.21. The van der Waals surface area contributed by atoms with E-state index in [9.17, 15) is 4.79 Å². The predicted octanol–water partition coefficient (Wildman–Crippen LogP) is 1.21. The molecule has 3 aromatic heterocycles. The van der Waals surface area contributed by atoms with Crippen LogP contribution >= 0.6 is 11.3 Å². The molecule has 0 fully saturated rings. The molecule has 0 spiro atoms. The summed E-state index contributed by atoms with van der Waals surface area (Å²) in [6.07, 6.45) is 3.74. The van der Waals surface area contributed by atoms with Crippen molar-refractivity contribution in [3.05, 3.63) is 21.6 Å². The second-order valence-corrected chi connectivity index (χ2v) is 5.55. The zero-order valence-corrected chi connectivity index (χ0v) is 11.7. The molecular weight excluding hydrogens is 262 g/mol. The Bertz CT molecular complexity index is 813. The molecule has 0 unspecified atom stereocenters. The van der Waals surface area contributed by atoms with E-state index in [0.29, 0.717) is 5.52 Å². The Kier molecular flexibility index (Phi) is 2.87. The van der Waals surface area contributed by atoms with Gasteiger partial charge in [0.2, 0.25) is 0 Å². The normalized spacial score (nSPS) is 11.7. The average molecular weight is 277 g/mol. The number of aromatic nitrogens is 4. The fraction of sp³-hybridized carbons (Fsp3) is 0.417. The first-order chi connectivity index (χ1) is 9.17. The highest BCUT2D eigenvalue weighted by atomic mass is 32.1. The summed E-state index contributed by atoms with van der Waals surface area (Å²) < 4.78 is 4.14. The van der Waals surface area contributed by atoms with Crippen molar-refractivity contribution in [1.82, 2.24) is 19.3 Å². The summed E-state index contributed by atoms with van der Waals surface area (Å²) in [6, 6.07) is 0. The average Bonchev–Trinajstić information content (AvgIpc) is 2.91. The van der Waals surface area contributed by atoms with Crippen LogP contribution in [0.25, 0.3) is 21.3 Å². The first-order valence-corrected chi connectivity index (χ1v) is 7.03. The molecule has 19 heavy (non-hydrogen) atoms. The van der Waals surface area contributed by atoms with Crippen LogP contribution in [0.4, 0.5) is 0 Å². The van der Waals surface area contributed by atoms with E-state index >= 15 is 0 Å². The standard InChI is InChI=1S/C12H15N5OS/c1-3-4-8-15-11-10(19-8)7-5-14-17(6-13)12(18)9(7)16(11)2/h5H,3-4,6,13H2,1-2H3. The van der Waals surface area contributed by atoms with Gasteiger partial charge in [-0.2, -0.15) is 5.10 Å². The van der Waals surface area contributed by atoms with Crippen molar-refractivity contribution in [2.24, 2.45) is 12.8 Å². The Morgan fingerprint density at radius 1 is 1.47 bits per heavy atom. The van der Waals surface area contributed by atoms with Gasteiger partial charge in [0.15, 0.2) is 5.65 Å². The molecule has 0 saturated carbocycles. The second kappa shape index (κ2) is 4.43. The van der Waals surface area contributed by atoms with Crippen molar-refractivity contribution in [3.8, 4) is 0 Å². The molecule has 0 saturated heterocycles. The molecule has 0 radical (unpaired) electrons. The van der Waals surface area contributed by atoms with E-state index in [0.717, 1.165) is 33.6 Å². The molecule has 3 aromatic rings. The Morgan fingerprint density at radius 3 is 2.95 bits per heavy atom. The summed E-state index contributed by atoms with van der Waals surface area (Å²) >= 11 is 1.64. The van der Waals surface area contributed by atoms with Gasteiger partial charge in [0.05, 0.1) is 22.6 Å². The highest BCUT2D eigenvalue weighted by Gasteiger charge is 2.17. The first kappa shape index (κ1) is 12.3. The molecule has 3 heterocycles. The van der Waals surface area contributed by atoms with Crippen LogP contribution in [-0.4, -0.2) is 19.3 Å². The maximum absolute atomic E-state index is 12.2. The van der Waals surface area contributed by atoms with E-state index < -0.39 is 0 Å². The van der Waals surface area contributed by atoms with Gasteiger partial charge in [-0.25, -0.2) is 9.67 Å². The van der Waals surface area contributed by atoms with Crippen molar-refractivity contribution in [3.63, 3.8) is 0 Å². The summed E-state index contributed by atoms with van der Waals surface area (Å²) in [5.74, 6) is 0. The largest absolute Gasteiger partial charge is 0.323 e. The van der Waals surface area contributed by atoms with Crippen molar-refractivity contribution in [2.45, 2.75) is 26.4 Å². The molecule has 0 aliphatic rings. The number of rotatable bonds is 3. The van der Waals surface area contributed by atoms with Crippen LogP contribution in [-0.2, 0) is 20.1 Å². The number of hydrogen-bond donors (Lipinski definition) is 1. The minimum atomic E-state index is -0.162. The Hall–Kier alpha value is -1.73. The fourth-order valence-electron chi connectivity index (χ4n) is 2.28. The molecule has 0 amide bonds. The molecule has 0 aromatic carbocycles. The zero-order valence-electron chi connectivity index (χ0n) is 10.9. The van der Waals surface area contributed by atoms with Gasteiger partial charge in [-0.15, -0.1) is 11.3 Å². The van der Waals surface area contributed by atoms with Crippen LogP contribution in [0.1, 0.15) is 18.4 Å². The van der Waals surface area contributed by atoms with Gasteiger partial charge >= 0.3 is 0 Å². The molecule has 3 rings (SSSR count). The SMILES string of the molecule is CCCc1nc2c(s1)c1cnn(CN)c(=O)c1n2C. The van der Waals surface area contributed by atoms with Crippen LogP contribution in [0.3, 0.4) is 0 Å². The lowest BCUT2D eigenvalue weighted by atomic mass is 10.3. The molecule has 100 valence electrons. The third-order valence-corrected chi connectivity index (χ3v) is 4.34. The molecule has 0 atom stereocenters. The highest BCUT2D eigenvalue weighted by molar-refractivity contribution is 7.19. The summed E-state index contributed by atoms with van der Waals surface area (Å²) in [5.41, 5.74) is 6.82. The molecule has 2 N–H and O–H groups in total. The van der Waals surface area contributed by atoms with E-state index in [1.807, 2.05) is 11.6 Å². The molecular formula is C12H15N5OS. The van der Waals surface area contributed by atoms with E-state index in [1.165, 1.54) is 4.68 Å². The summed E-state index contributed by atoms with van der Waals surface area (Å²) in [5, 5.41) is 6.06. The van der Waals surface area contributed by atoms with Crippen LogP contribution in [0.5, 0.6) is 0 Å².